The van der Waals surface area contributed by atoms with Crippen LogP contribution in [-0.4, -0.2) is 32.5 Å². The summed E-state index contributed by atoms with van der Waals surface area (Å²) in [7, 11) is 0. The molecule has 9 nitrogen and oxygen atoms in total. The quantitative estimate of drug-likeness (QED) is 0.387. The molecule has 0 atom stereocenters. The molecule has 158 valence electrons. The molecule has 2 aromatic rings. The third kappa shape index (κ3) is 5.69. The van der Waals surface area contributed by atoms with Crippen LogP contribution in [-0.2, 0) is 17.8 Å². The number of amides is 1. The van der Waals surface area contributed by atoms with Crippen LogP contribution in [0.5, 0.6) is 0 Å². The lowest BCUT2D eigenvalue weighted by Gasteiger charge is -2.11. The molecule has 0 aliphatic rings. The summed E-state index contributed by atoms with van der Waals surface area (Å²) in [5.41, 5.74) is 0.832. The average Bonchev–Trinajstić information content (AvgIpc) is 3.18. The number of nitrogens with zero attached hydrogens (tertiary/aromatic N) is 3. The van der Waals surface area contributed by atoms with Gasteiger partial charge in [0.2, 0.25) is 0 Å². The van der Waals surface area contributed by atoms with E-state index in [1.54, 1.807) is 28.3 Å². The van der Waals surface area contributed by atoms with Crippen LogP contribution in [0.2, 0.25) is 0 Å². The van der Waals surface area contributed by atoms with Gasteiger partial charge in [0.1, 0.15) is 11.4 Å². The maximum absolute atomic E-state index is 12.8. The summed E-state index contributed by atoms with van der Waals surface area (Å²) in [6, 6.07) is 2.82. The first-order valence-corrected chi connectivity index (χ1v) is 9.65. The summed E-state index contributed by atoms with van der Waals surface area (Å²) in [4.78, 5) is 35.6. The number of anilines is 1. The van der Waals surface area contributed by atoms with Gasteiger partial charge in [0.25, 0.3) is 11.6 Å². The van der Waals surface area contributed by atoms with E-state index in [0.29, 0.717) is 24.5 Å². The highest BCUT2D eigenvalue weighted by atomic mass is 16.6. The zero-order chi connectivity index (χ0) is 21.7. The molecule has 29 heavy (non-hydrogen) atoms. The van der Waals surface area contributed by atoms with E-state index in [0.717, 1.165) is 0 Å². The SMILES string of the molecule is CCOC(=O)c1cc(NC(=O)c2cc([N+](=O)[O-])cn2CC(C)C)cn1CC(C)C. The minimum absolute atomic E-state index is 0.139. The summed E-state index contributed by atoms with van der Waals surface area (Å²) in [6.07, 6.45) is 3.04. The standard InChI is InChI=1S/C20H28N4O5/c1-6-29-20(26)18-7-15(11-22(18)9-13(2)3)21-19(25)17-8-16(24(27)28)12-23(17)10-14(4)5/h7-8,11-14H,6,9-10H2,1-5H3,(H,21,25). The summed E-state index contributed by atoms with van der Waals surface area (Å²) in [5, 5.41) is 13.9. The van der Waals surface area contributed by atoms with Crippen molar-refractivity contribution in [1.82, 2.24) is 9.13 Å². The molecule has 2 aromatic heterocycles. The topological polar surface area (TPSA) is 108 Å². The number of carbonyl (C=O) groups excluding carboxylic acids is 2. The molecule has 0 radical (unpaired) electrons. The van der Waals surface area contributed by atoms with Gasteiger partial charge in [-0.05, 0) is 24.8 Å². The Morgan fingerprint density at radius 1 is 1.07 bits per heavy atom. The maximum atomic E-state index is 12.8. The number of carbonyl (C=O) groups is 2. The van der Waals surface area contributed by atoms with E-state index in [-0.39, 0.29) is 29.8 Å². The molecule has 2 heterocycles. The van der Waals surface area contributed by atoms with Crippen molar-refractivity contribution in [1.29, 1.82) is 0 Å². The number of hydrogen-bond donors (Lipinski definition) is 1. The Balaban J connectivity index is 2.32. The Morgan fingerprint density at radius 3 is 2.17 bits per heavy atom. The van der Waals surface area contributed by atoms with Crippen LogP contribution >= 0.6 is 0 Å². The van der Waals surface area contributed by atoms with Gasteiger partial charge in [-0.15, -0.1) is 0 Å². The largest absolute Gasteiger partial charge is 0.461 e. The summed E-state index contributed by atoms with van der Waals surface area (Å²) >= 11 is 0. The second-order valence-electron chi connectivity index (χ2n) is 7.72. The van der Waals surface area contributed by atoms with Crippen molar-refractivity contribution in [3.05, 3.63) is 46.0 Å². The van der Waals surface area contributed by atoms with Crippen molar-refractivity contribution in [2.75, 3.05) is 11.9 Å². The number of aromatic nitrogens is 2. The van der Waals surface area contributed by atoms with Crippen LogP contribution in [0.3, 0.4) is 0 Å². The van der Waals surface area contributed by atoms with E-state index in [1.165, 1.54) is 12.3 Å². The number of esters is 1. The third-order valence-electron chi connectivity index (χ3n) is 4.09. The van der Waals surface area contributed by atoms with Gasteiger partial charge in [-0.2, -0.15) is 0 Å². The van der Waals surface area contributed by atoms with Crippen LogP contribution in [0.15, 0.2) is 24.5 Å². The Kier molecular flexibility index (Phi) is 7.19. The fraction of sp³-hybridized carbons (Fsp3) is 0.500. The van der Waals surface area contributed by atoms with Crippen LogP contribution in [0.25, 0.3) is 0 Å². The predicted octanol–water partition coefficient (Wildman–Crippen LogP) is 3.94. The second-order valence-corrected chi connectivity index (χ2v) is 7.72. The molecule has 1 amide bonds. The number of hydrogen-bond acceptors (Lipinski definition) is 5. The van der Waals surface area contributed by atoms with E-state index < -0.39 is 16.8 Å². The van der Waals surface area contributed by atoms with Crippen LogP contribution in [0.1, 0.15) is 55.6 Å². The van der Waals surface area contributed by atoms with Gasteiger partial charge in [-0.3, -0.25) is 14.9 Å². The Morgan fingerprint density at radius 2 is 1.66 bits per heavy atom. The molecule has 0 aliphatic heterocycles. The van der Waals surface area contributed by atoms with Gasteiger partial charge in [-0.25, -0.2) is 4.79 Å². The molecular weight excluding hydrogens is 376 g/mol. The van der Waals surface area contributed by atoms with Crippen molar-refractivity contribution in [3.8, 4) is 0 Å². The first-order chi connectivity index (χ1) is 13.6. The minimum Gasteiger partial charge on any atom is -0.461 e. The molecule has 0 aliphatic carbocycles. The molecule has 1 N–H and O–H groups in total. The first kappa shape index (κ1) is 22.2. The fourth-order valence-electron chi connectivity index (χ4n) is 3.02. The Bertz CT molecular complexity index is 895. The van der Waals surface area contributed by atoms with E-state index in [2.05, 4.69) is 5.32 Å². The predicted molar refractivity (Wildman–Crippen MR) is 109 cm³/mol. The summed E-state index contributed by atoms with van der Waals surface area (Å²) in [5.74, 6) is -0.454. The van der Waals surface area contributed by atoms with Crippen LogP contribution in [0.4, 0.5) is 11.4 Å². The zero-order valence-corrected chi connectivity index (χ0v) is 17.5. The van der Waals surface area contributed by atoms with Gasteiger partial charge < -0.3 is 19.2 Å². The van der Waals surface area contributed by atoms with Gasteiger partial charge in [0.15, 0.2) is 0 Å². The summed E-state index contributed by atoms with van der Waals surface area (Å²) in [6.45, 7) is 11.0. The van der Waals surface area contributed by atoms with Crippen molar-refractivity contribution in [2.24, 2.45) is 11.8 Å². The van der Waals surface area contributed by atoms with Crippen molar-refractivity contribution in [2.45, 2.75) is 47.7 Å². The molecule has 0 saturated heterocycles. The number of nitrogens with one attached hydrogen (secondary N) is 1. The van der Waals surface area contributed by atoms with Gasteiger partial charge in [-0.1, -0.05) is 27.7 Å². The van der Waals surface area contributed by atoms with Crippen molar-refractivity contribution < 1.29 is 19.2 Å². The maximum Gasteiger partial charge on any atom is 0.355 e. The van der Waals surface area contributed by atoms with Crippen molar-refractivity contribution in [3.63, 3.8) is 0 Å². The van der Waals surface area contributed by atoms with E-state index in [1.807, 2.05) is 27.7 Å². The van der Waals surface area contributed by atoms with Gasteiger partial charge in [0.05, 0.1) is 23.4 Å². The van der Waals surface area contributed by atoms with Crippen LogP contribution in [0, 0.1) is 22.0 Å². The zero-order valence-electron chi connectivity index (χ0n) is 17.5. The smallest absolute Gasteiger partial charge is 0.355 e. The molecule has 0 saturated carbocycles. The highest BCUT2D eigenvalue weighted by molar-refractivity contribution is 6.04. The summed E-state index contributed by atoms with van der Waals surface area (Å²) < 4.78 is 8.42. The van der Waals surface area contributed by atoms with Crippen molar-refractivity contribution >= 4 is 23.3 Å². The first-order valence-electron chi connectivity index (χ1n) is 9.65. The lowest BCUT2D eigenvalue weighted by atomic mass is 10.2. The molecule has 0 bridgehead atoms. The number of ether oxygens (including phenoxy) is 1. The monoisotopic (exact) mass is 404 g/mol. The molecule has 0 fully saturated rings. The lowest BCUT2D eigenvalue weighted by molar-refractivity contribution is -0.384. The van der Waals surface area contributed by atoms with Crippen LogP contribution < -0.4 is 5.32 Å². The Labute approximate surface area is 169 Å². The molecule has 0 unspecified atom stereocenters. The molecule has 2 rings (SSSR count). The third-order valence-corrected chi connectivity index (χ3v) is 4.09. The highest BCUT2D eigenvalue weighted by Crippen LogP contribution is 2.21. The lowest BCUT2D eigenvalue weighted by Crippen LogP contribution is -2.18. The minimum atomic E-state index is -0.522. The molecule has 0 spiro atoms. The van der Waals surface area contributed by atoms with Gasteiger partial charge >= 0.3 is 5.97 Å². The molecule has 9 heteroatoms. The highest BCUT2D eigenvalue weighted by Gasteiger charge is 2.22. The molecular formula is C20H28N4O5. The fourth-order valence-corrected chi connectivity index (χ4v) is 3.02. The van der Waals surface area contributed by atoms with E-state index in [9.17, 15) is 19.7 Å². The Hall–Kier alpha value is -3.10. The number of rotatable bonds is 9. The molecule has 0 aromatic carbocycles. The number of nitro groups is 1. The van der Waals surface area contributed by atoms with E-state index >= 15 is 0 Å². The van der Waals surface area contributed by atoms with E-state index in [4.69, 9.17) is 4.74 Å². The average molecular weight is 404 g/mol. The normalized spacial score (nSPS) is 11.1. The second kappa shape index (κ2) is 9.40. The van der Waals surface area contributed by atoms with Gasteiger partial charge in [0, 0.05) is 25.4 Å².